The Balaban J connectivity index is 2.36. The van der Waals surface area contributed by atoms with E-state index in [1.165, 1.54) is 7.11 Å². The van der Waals surface area contributed by atoms with Gasteiger partial charge in [-0.2, -0.15) is 0 Å². The van der Waals surface area contributed by atoms with Crippen LogP contribution in [0.5, 0.6) is 0 Å². The number of hydrogen-bond donors (Lipinski definition) is 2. The Labute approximate surface area is 143 Å². The van der Waals surface area contributed by atoms with Crippen molar-refractivity contribution in [3.8, 4) is 0 Å². The molecule has 1 aliphatic rings. The largest absolute Gasteiger partial charge is 0.460 e. The number of carbonyl (C=O) groups is 2. The van der Waals surface area contributed by atoms with Gasteiger partial charge in [0.2, 0.25) is 0 Å². The van der Waals surface area contributed by atoms with E-state index in [1.54, 1.807) is 25.1 Å². The molecule has 0 spiro atoms. The molecule has 0 aliphatic carbocycles. The van der Waals surface area contributed by atoms with Gasteiger partial charge in [-0.05, 0) is 24.6 Å². The third-order valence-corrected chi connectivity index (χ3v) is 3.85. The SMILES string of the molecule is COCCOC(=O)C1=C(C)NC(=O)N[C@@H]1c1ccc(Cl)cc1Cl. The molecule has 1 heterocycles. The van der Waals surface area contributed by atoms with Gasteiger partial charge in [0.1, 0.15) is 6.61 Å². The Morgan fingerprint density at radius 3 is 2.70 bits per heavy atom. The Bertz CT molecular complexity index is 661. The van der Waals surface area contributed by atoms with Gasteiger partial charge in [-0.3, -0.25) is 0 Å². The molecule has 0 aromatic heterocycles. The number of hydrogen-bond acceptors (Lipinski definition) is 4. The van der Waals surface area contributed by atoms with Crippen molar-refractivity contribution in [3.63, 3.8) is 0 Å². The van der Waals surface area contributed by atoms with Crippen molar-refractivity contribution in [3.05, 3.63) is 45.1 Å². The molecule has 0 unspecified atom stereocenters. The molecule has 1 aromatic rings. The molecule has 0 radical (unpaired) electrons. The Morgan fingerprint density at radius 2 is 2.04 bits per heavy atom. The minimum Gasteiger partial charge on any atom is -0.460 e. The first-order valence-corrected chi connectivity index (χ1v) is 7.59. The highest BCUT2D eigenvalue weighted by Gasteiger charge is 2.33. The molecule has 1 aromatic carbocycles. The first-order valence-electron chi connectivity index (χ1n) is 6.83. The number of ether oxygens (including phenoxy) is 2. The standard InChI is InChI=1S/C15H16Cl2N2O4/c1-8-12(14(20)23-6-5-22-2)13(19-15(21)18-8)10-4-3-9(16)7-11(10)17/h3-4,7,13H,5-6H2,1-2H3,(H2,18,19,21)/t13-/m1/s1. The maximum atomic E-state index is 12.4. The number of methoxy groups -OCH3 is 1. The van der Waals surface area contributed by atoms with Crippen molar-refractivity contribution < 1.29 is 19.1 Å². The Hall–Kier alpha value is -1.76. The van der Waals surface area contributed by atoms with Crippen LogP contribution in [-0.4, -0.2) is 32.3 Å². The molecule has 2 rings (SSSR count). The minimum absolute atomic E-state index is 0.112. The van der Waals surface area contributed by atoms with E-state index < -0.39 is 18.0 Å². The Kier molecular flexibility index (Phi) is 5.87. The zero-order valence-electron chi connectivity index (χ0n) is 12.6. The van der Waals surface area contributed by atoms with Gasteiger partial charge < -0.3 is 20.1 Å². The van der Waals surface area contributed by atoms with Gasteiger partial charge in [-0.25, -0.2) is 9.59 Å². The maximum absolute atomic E-state index is 12.4. The summed E-state index contributed by atoms with van der Waals surface area (Å²) in [5.74, 6) is -0.553. The van der Waals surface area contributed by atoms with Crippen LogP contribution in [0.15, 0.2) is 29.5 Å². The van der Waals surface area contributed by atoms with Gasteiger partial charge in [0.15, 0.2) is 0 Å². The van der Waals surface area contributed by atoms with E-state index >= 15 is 0 Å². The molecule has 8 heteroatoms. The lowest BCUT2D eigenvalue weighted by Gasteiger charge is -2.28. The summed E-state index contributed by atoms with van der Waals surface area (Å²) < 4.78 is 10.0. The molecule has 0 saturated carbocycles. The van der Waals surface area contributed by atoms with Crippen molar-refractivity contribution in [2.24, 2.45) is 0 Å². The molecule has 2 N–H and O–H groups in total. The zero-order valence-corrected chi connectivity index (χ0v) is 14.1. The number of allylic oxidation sites excluding steroid dienone is 1. The van der Waals surface area contributed by atoms with E-state index in [4.69, 9.17) is 32.7 Å². The fourth-order valence-electron chi connectivity index (χ4n) is 2.23. The highest BCUT2D eigenvalue weighted by atomic mass is 35.5. The van der Waals surface area contributed by atoms with Gasteiger partial charge in [0.05, 0.1) is 18.2 Å². The van der Waals surface area contributed by atoms with E-state index in [9.17, 15) is 9.59 Å². The van der Waals surface area contributed by atoms with Crippen LogP contribution in [-0.2, 0) is 14.3 Å². The summed E-state index contributed by atoms with van der Waals surface area (Å²) in [7, 11) is 1.51. The average molecular weight is 359 g/mol. The summed E-state index contributed by atoms with van der Waals surface area (Å²) in [6.45, 7) is 2.02. The molecule has 1 aliphatic heterocycles. The molecule has 1 atom stereocenters. The average Bonchev–Trinajstić information content (AvgIpc) is 2.46. The number of amides is 2. The fourth-order valence-corrected chi connectivity index (χ4v) is 2.75. The number of carbonyl (C=O) groups excluding carboxylic acids is 2. The topological polar surface area (TPSA) is 76.7 Å². The van der Waals surface area contributed by atoms with Gasteiger partial charge in [-0.15, -0.1) is 0 Å². The van der Waals surface area contributed by atoms with E-state index in [0.717, 1.165) is 0 Å². The van der Waals surface area contributed by atoms with Crippen LogP contribution < -0.4 is 10.6 Å². The van der Waals surface area contributed by atoms with Gasteiger partial charge in [0.25, 0.3) is 0 Å². The maximum Gasteiger partial charge on any atom is 0.338 e. The number of rotatable bonds is 5. The summed E-state index contributed by atoms with van der Waals surface area (Å²) in [5, 5.41) is 6.05. The summed E-state index contributed by atoms with van der Waals surface area (Å²) in [4.78, 5) is 24.1. The normalized spacial score (nSPS) is 17.6. The molecule has 23 heavy (non-hydrogen) atoms. The van der Waals surface area contributed by atoms with Crippen molar-refractivity contribution in [2.75, 3.05) is 20.3 Å². The predicted octanol–water partition coefficient (Wildman–Crippen LogP) is 2.81. The second kappa shape index (κ2) is 7.68. The second-order valence-corrected chi connectivity index (χ2v) is 5.71. The highest BCUT2D eigenvalue weighted by Crippen LogP contribution is 2.33. The first kappa shape index (κ1) is 17.6. The van der Waals surface area contributed by atoms with Gasteiger partial charge in [0, 0.05) is 22.9 Å². The number of nitrogens with one attached hydrogen (secondary N) is 2. The molecular weight excluding hydrogens is 343 g/mol. The van der Waals surface area contributed by atoms with Crippen molar-refractivity contribution in [1.29, 1.82) is 0 Å². The number of benzene rings is 1. The molecule has 2 amide bonds. The van der Waals surface area contributed by atoms with Crippen molar-refractivity contribution in [1.82, 2.24) is 10.6 Å². The molecule has 0 saturated heterocycles. The molecule has 0 fully saturated rings. The van der Waals surface area contributed by atoms with Gasteiger partial charge in [-0.1, -0.05) is 29.3 Å². The zero-order chi connectivity index (χ0) is 17.0. The summed E-state index contributed by atoms with van der Waals surface area (Å²) in [5.41, 5.74) is 1.25. The first-order chi connectivity index (χ1) is 10.9. The van der Waals surface area contributed by atoms with Crippen LogP contribution in [0.25, 0.3) is 0 Å². The monoisotopic (exact) mass is 358 g/mol. The smallest absolute Gasteiger partial charge is 0.338 e. The van der Waals surface area contributed by atoms with Crippen LogP contribution in [0.4, 0.5) is 4.79 Å². The van der Waals surface area contributed by atoms with E-state index in [2.05, 4.69) is 10.6 Å². The van der Waals surface area contributed by atoms with Crippen molar-refractivity contribution in [2.45, 2.75) is 13.0 Å². The lowest BCUT2D eigenvalue weighted by atomic mass is 9.95. The predicted molar refractivity (Wildman–Crippen MR) is 86.4 cm³/mol. The quantitative estimate of drug-likeness (QED) is 0.626. The minimum atomic E-state index is -0.719. The summed E-state index contributed by atoms with van der Waals surface area (Å²) >= 11 is 12.1. The van der Waals surface area contributed by atoms with Gasteiger partial charge >= 0.3 is 12.0 Å². The lowest BCUT2D eigenvalue weighted by molar-refractivity contribution is -0.140. The van der Waals surface area contributed by atoms with Crippen molar-refractivity contribution >= 4 is 35.2 Å². The van der Waals surface area contributed by atoms with Crippen LogP contribution >= 0.6 is 23.2 Å². The lowest BCUT2D eigenvalue weighted by Crippen LogP contribution is -2.45. The third-order valence-electron chi connectivity index (χ3n) is 3.28. The van der Waals surface area contributed by atoms with E-state index in [0.29, 0.717) is 21.3 Å². The summed E-state index contributed by atoms with van der Waals surface area (Å²) in [6, 6.07) is 3.71. The number of urea groups is 1. The van der Waals surface area contributed by atoms with Crippen LogP contribution in [0.3, 0.4) is 0 Å². The van der Waals surface area contributed by atoms with Crippen LogP contribution in [0.1, 0.15) is 18.5 Å². The van der Waals surface area contributed by atoms with E-state index in [1.807, 2.05) is 0 Å². The molecule has 0 bridgehead atoms. The number of halogens is 2. The third kappa shape index (κ3) is 4.16. The molecule has 124 valence electrons. The van der Waals surface area contributed by atoms with Crippen LogP contribution in [0, 0.1) is 0 Å². The highest BCUT2D eigenvalue weighted by molar-refractivity contribution is 6.35. The molecule has 6 nitrogen and oxygen atoms in total. The number of esters is 1. The molecular formula is C15H16Cl2N2O4. The summed E-state index contributed by atoms with van der Waals surface area (Å²) in [6.07, 6.45) is 0. The Morgan fingerprint density at radius 1 is 1.30 bits per heavy atom. The fraction of sp³-hybridized carbons (Fsp3) is 0.333. The van der Waals surface area contributed by atoms with E-state index in [-0.39, 0.29) is 18.8 Å². The second-order valence-electron chi connectivity index (χ2n) is 4.86. The van der Waals surface area contributed by atoms with Crippen LogP contribution in [0.2, 0.25) is 10.0 Å².